The van der Waals surface area contributed by atoms with Crippen molar-refractivity contribution in [2.45, 2.75) is 39.2 Å². The Morgan fingerprint density at radius 3 is 2.43 bits per heavy atom. The first-order chi connectivity index (χ1) is 9.94. The first-order valence-corrected chi connectivity index (χ1v) is 7.37. The highest BCUT2D eigenvalue weighted by atomic mass is 35.5. The van der Waals surface area contributed by atoms with Crippen LogP contribution in [0.1, 0.15) is 38.1 Å². The van der Waals surface area contributed by atoms with E-state index in [0.29, 0.717) is 11.0 Å². The molecule has 0 bridgehead atoms. The largest absolute Gasteiger partial charge is 0.367 e. The van der Waals surface area contributed by atoms with Crippen LogP contribution in [0, 0.1) is 5.82 Å². The van der Waals surface area contributed by atoms with E-state index in [4.69, 9.17) is 11.6 Å². The van der Waals surface area contributed by atoms with Gasteiger partial charge in [-0.3, -0.25) is 0 Å². The summed E-state index contributed by atoms with van der Waals surface area (Å²) in [5, 5.41) is 3.75. The molecule has 1 N–H and O–H groups in total. The summed E-state index contributed by atoms with van der Waals surface area (Å²) in [5.74, 6) is 1.44. The van der Waals surface area contributed by atoms with Gasteiger partial charge in [-0.05, 0) is 31.0 Å². The molecular formula is C16H19ClFN3. The van der Waals surface area contributed by atoms with E-state index in [0.717, 1.165) is 17.8 Å². The third-order valence-corrected chi connectivity index (χ3v) is 3.27. The van der Waals surface area contributed by atoms with Gasteiger partial charge in [0.1, 0.15) is 22.6 Å². The van der Waals surface area contributed by atoms with Crippen LogP contribution in [0.4, 0.5) is 10.2 Å². The second-order valence-corrected chi connectivity index (χ2v) is 5.85. The number of aromatic nitrogens is 2. The van der Waals surface area contributed by atoms with Gasteiger partial charge in [-0.15, -0.1) is 0 Å². The van der Waals surface area contributed by atoms with Gasteiger partial charge in [-0.1, -0.05) is 37.6 Å². The highest BCUT2D eigenvalue weighted by Crippen LogP contribution is 2.18. The fourth-order valence-electron chi connectivity index (χ4n) is 2.04. The lowest BCUT2D eigenvalue weighted by atomic mass is 10.1. The molecule has 3 nitrogen and oxygen atoms in total. The maximum atomic E-state index is 12.9. The van der Waals surface area contributed by atoms with Crippen molar-refractivity contribution in [3.8, 4) is 0 Å². The SMILES string of the molecule is CC(Cc1ccc(F)cc1)Nc1cc(Cl)nc(C(C)C)n1. The molecule has 0 aliphatic rings. The topological polar surface area (TPSA) is 37.8 Å². The Hall–Kier alpha value is -1.68. The van der Waals surface area contributed by atoms with Crippen molar-refractivity contribution in [3.63, 3.8) is 0 Å². The summed E-state index contributed by atoms with van der Waals surface area (Å²) in [7, 11) is 0. The van der Waals surface area contributed by atoms with Crippen molar-refractivity contribution >= 4 is 17.4 Å². The summed E-state index contributed by atoms with van der Waals surface area (Å²) in [6, 6.07) is 8.40. The lowest BCUT2D eigenvalue weighted by Crippen LogP contribution is -2.19. The highest BCUT2D eigenvalue weighted by molar-refractivity contribution is 6.29. The van der Waals surface area contributed by atoms with Gasteiger partial charge in [0.2, 0.25) is 0 Å². The molecule has 2 aromatic rings. The summed E-state index contributed by atoms with van der Waals surface area (Å²) in [4.78, 5) is 8.67. The van der Waals surface area contributed by atoms with Crippen LogP contribution in [0.3, 0.4) is 0 Å². The number of hydrogen-bond donors (Lipinski definition) is 1. The Morgan fingerprint density at radius 2 is 1.81 bits per heavy atom. The van der Waals surface area contributed by atoms with E-state index in [1.807, 2.05) is 13.8 Å². The predicted molar refractivity (Wildman–Crippen MR) is 84.3 cm³/mol. The summed E-state index contributed by atoms with van der Waals surface area (Å²) in [6.45, 7) is 6.10. The molecular weight excluding hydrogens is 289 g/mol. The minimum Gasteiger partial charge on any atom is -0.367 e. The predicted octanol–water partition coefficient (Wildman–Crippen LogP) is 4.44. The van der Waals surface area contributed by atoms with Gasteiger partial charge in [0.05, 0.1) is 0 Å². The molecule has 5 heteroatoms. The number of halogens is 2. The van der Waals surface area contributed by atoms with Crippen LogP contribution >= 0.6 is 11.6 Å². The van der Waals surface area contributed by atoms with Crippen LogP contribution in [0.5, 0.6) is 0 Å². The standard InChI is InChI=1S/C16H19ClFN3/c1-10(2)16-20-14(17)9-15(21-16)19-11(3)8-12-4-6-13(18)7-5-12/h4-7,9-11H,8H2,1-3H3,(H,19,20,21). The third kappa shape index (κ3) is 4.67. The summed E-state index contributed by atoms with van der Waals surface area (Å²) < 4.78 is 12.9. The zero-order valence-electron chi connectivity index (χ0n) is 12.4. The molecule has 1 heterocycles. The number of nitrogens with one attached hydrogen (secondary N) is 1. The van der Waals surface area contributed by atoms with E-state index < -0.39 is 0 Å². The number of anilines is 1. The van der Waals surface area contributed by atoms with Gasteiger partial charge >= 0.3 is 0 Å². The fourth-order valence-corrected chi connectivity index (χ4v) is 2.23. The number of hydrogen-bond acceptors (Lipinski definition) is 3. The molecule has 0 saturated heterocycles. The molecule has 0 aliphatic heterocycles. The molecule has 1 atom stereocenters. The van der Waals surface area contributed by atoms with E-state index >= 15 is 0 Å². The molecule has 21 heavy (non-hydrogen) atoms. The number of nitrogens with zero attached hydrogens (tertiary/aromatic N) is 2. The number of benzene rings is 1. The van der Waals surface area contributed by atoms with E-state index in [-0.39, 0.29) is 17.8 Å². The van der Waals surface area contributed by atoms with Crippen LogP contribution in [-0.2, 0) is 6.42 Å². The Balaban J connectivity index is 2.05. The maximum absolute atomic E-state index is 12.9. The average Bonchev–Trinajstić information content (AvgIpc) is 2.40. The highest BCUT2D eigenvalue weighted by Gasteiger charge is 2.10. The third-order valence-electron chi connectivity index (χ3n) is 3.08. The van der Waals surface area contributed by atoms with Crippen molar-refractivity contribution in [1.29, 1.82) is 0 Å². The minimum absolute atomic E-state index is 0.154. The van der Waals surface area contributed by atoms with Crippen molar-refractivity contribution in [2.24, 2.45) is 0 Å². The average molecular weight is 308 g/mol. The summed E-state index contributed by atoms with van der Waals surface area (Å²) in [5.41, 5.74) is 1.07. The summed E-state index contributed by atoms with van der Waals surface area (Å²) in [6.07, 6.45) is 0.777. The molecule has 1 unspecified atom stereocenters. The van der Waals surface area contributed by atoms with Crippen LogP contribution in [0.15, 0.2) is 30.3 Å². The minimum atomic E-state index is -0.219. The second kappa shape index (κ2) is 6.85. The molecule has 0 spiro atoms. The smallest absolute Gasteiger partial charge is 0.135 e. The molecule has 2 rings (SSSR count). The second-order valence-electron chi connectivity index (χ2n) is 5.46. The quantitative estimate of drug-likeness (QED) is 0.830. The van der Waals surface area contributed by atoms with Gasteiger partial charge < -0.3 is 5.32 Å². The van der Waals surface area contributed by atoms with Crippen LogP contribution in [0.25, 0.3) is 0 Å². The lowest BCUT2D eigenvalue weighted by molar-refractivity contribution is 0.626. The summed E-state index contributed by atoms with van der Waals surface area (Å²) >= 11 is 6.02. The van der Waals surface area contributed by atoms with Gasteiger partial charge in [0.25, 0.3) is 0 Å². The van der Waals surface area contributed by atoms with Gasteiger partial charge in [-0.2, -0.15) is 0 Å². The normalized spacial score (nSPS) is 12.5. The van der Waals surface area contributed by atoms with Gasteiger partial charge in [-0.25, -0.2) is 14.4 Å². The molecule has 0 fully saturated rings. The zero-order chi connectivity index (χ0) is 15.4. The molecule has 0 radical (unpaired) electrons. The van der Waals surface area contributed by atoms with Crippen LogP contribution in [-0.4, -0.2) is 16.0 Å². The Bertz CT molecular complexity index is 599. The molecule has 0 amide bonds. The zero-order valence-corrected chi connectivity index (χ0v) is 13.2. The molecule has 0 aliphatic carbocycles. The van der Waals surface area contributed by atoms with E-state index in [9.17, 15) is 4.39 Å². The van der Waals surface area contributed by atoms with Crippen LogP contribution < -0.4 is 5.32 Å². The lowest BCUT2D eigenvalue weighted by Gasteiger charge is -2.16. The Kier molecular flexibility index (Phi) is 5.12. The maximum Gasteiger partial charge on any atom is 0.135 e. The van der Waals surface area contributed by atoms with Crippen LogP contribution in [0.2, 0.25) is 5.15 Å². The number of rotatable bonds is 5. The van der Waals surface area contributed by atoms with Crippen molar-refractivity contribution < 1.29 is 4.39 Å². The molecule has 112 valence electrons. The van der Waals surface area contributed by atoms with Crippen molar-refractivity contribution in [3.05, 3.63) is 52.7 Å². The Labute approximate surface area is 129 Å². The first-order valence-electron chi connectivity index (χ1n) is 6.99. The molecule has 1 aromatic heterocycles. The Morgan fingerprint density at radius 1 is 1.14 bits per heavy atom. The van der Waals surface area contributed by atoms with Crippen molar-refractivity contribution in [1.82, 2.24) is 9.97 Å². The van der Waals surface area contributed by atoms with E-state index in [2.05, 4.69) is 22.2 Å². The van der Waals surface area contributed by atoms with Crippen molar-refractivity contribution in [2.75, 3.05) is 5.32 Å². The van der Waals surface area contributed by atoms with E-state index in [1.165, 1.54) is 12.1 Å². The monoisotopic (exact) mass is 307 g/mol. The first kappa shape index (κ1) is 15.7. The van der Waals surface area contributed by atoms with Gasteiger partial charge in [0.15, 0.2) is 0 Å². The van der Waals surface area contributed by atoms with Gasteiger partial charge in [0, 0.05) is 18.0 Å². The van der Waals surface area contributed by atoms with E-state index in [1.54, 1.807) is 18.2 Å². The molecule has 1 aromatic carbocycles. The fraction of sp³-hybridized carbons (Fsp3) is 0.375. The molecule has 0 saturated carbocycles.